The third-order valence-electron chi connectivity index (χ3n) is 20.6. The van der Waals surface area contributed by atoms with Gasteiger partial charge in [-0.15, -0.1) is 5.10 Å². The smallest absolute Gasteiger partial charge is 0.217 e. The molecule has 0 amide bonds. The summed E-state index contributed by atoms with van der Waals surface area (Å²) < 4.78 is 116. The minimum atomic E-state index is -0.720. The van der Waals surface area contributed by atoms with Gasteiger partial charge in [-0.05, 0) is 235 Å². The van der Waals surface area contributed by atoms with Gasteiger partial charge in [-0.3, -0.25) is 38.9 Å². The number of para-hydroxylation sites is 1. The van der Waals surface area contributed by atoms with E-state index in [1.165, 1.54) is 80.6 Å². The molecule has 12 nitrogen and oxygen atoms in total. The summed E-state index contributed by atoms with van der Waals surface area (Å²) in [7, 11) is 0. The zero-order chi connectivity index (χ0) is 81.1. The van der Waals surface area contributed by atoms with E-state index < -0.39 is 64.3 Å². The van der Waals surface area contributed by atoms with Gasteiger partial charge in [0.2, 0.25) is 4.73 Å². The number of pyridine rings is 3. The zero-order valence-corrected chi connectivity index (χ0v) is 64.9. The van der Waals surface area contributed by atoms with Gasteiger partial charge in [-0.25, -0.2) is 44.8 Å². The Bertz CT molecular complexity index is 5820. The largest absolute Gasteiger partial charge is 0.337 e. The molecule has 5 heterocycles. The van der Waals surface area contributed by atoms with Gasteiger partial charge in [0.05, 0.1) is 29.2 Å². The second-order valence-corrected chi connectivity index (χ2v) is 30.0. The van der Waals surface area contributed by atoms with Gasteiger partial charge in [0, 0.05) is 120 Å². The second-order valence-electron chi connectivity index (χ2n) is 29.3. The Labute approximate surface area is 668 Å². The van der Waals surface area contributed by atoms with Crippen LogP contribution in [0.5, 0.6) is 0 Å². The maximum atomic E-state index is 14.3. The van der Waals surface area contributed by atoms with Crippen molar-refractivity contribution in [3.8, 4) is 33.4 Å². The molecule has 115 heavy (non-hydrogen) atoms. The number of aryl methyl sites for hydroxylation is 2. The van der Waals surface area contributed by atoms with Crippen LogP contribution in [0, 0.1) is 60.4 Å². The SMILES string of the molecule is CC(=O)c1cc(-c2cccnc2[C@@H](CC(=O)Cn2nc(Br)nc2C2CC2)Cc2cc(F)cc(F)c2)ccc1F.CC(=O)c1cccc(-c2cccnc2[C@@H](CC(=O)Cn2c(C)cc3ccccc32)Cc2cc(F)cc(F)c2)c1.Cc1ccc(-c2cccnc2[C@@H](CC(=O)CC2=CCc3ccc(F)cc32)Cc2cc(F)cc(F)c2)cc1. The molecular weight excluding hydrogens is 1540 g/mol. The highest BCUT2D eigenvalue weighted by Gasteiger charge is 2.32. The molecule has 5 aromatic heterocycles. The van der Waals surface area contributed by atoms with Crippen LogP contribution in [0.2, 0.25) is 0 Å². The Morgan fingerprint density at radius 2 is 0.974 bits per heavy atom. The first-order valence-electron chi connectivity index (χ1n) is 37.7. The molecule has 13 aromatic rings. The molecule has 0 radical (unpaired) electrons. The summed E-state index contributed by atoms with van der Waals surface area (Å²) in [5.74, 6) is -6.14. The van der Waals surface area contributed by atoms with Crippen molar-refractivity contribution in [3.63, 3.8) is 0 Å². The number of allylic oxidation sites excluding steroid dienone is 2. The Morgan fingerprint density at radius 3 is 1.50 bits per heavy atom. The van der Waals surface area contributed by atoms with E-state index >= 15 is 0 Å². The van der Waals surface area contributed by atoms with Crippen LogP contribution in [0.25, 0.3) is 49.9 Å². The topological polar surface area (TPSA) is 160 Å². The molecule has 21 heteroatoms. The molecule has 2 aliphatic rings. The number of hydrogen-bond acceptors (Lipinski definition) is 10. The molecule has 2 aliphatic carbocycles. The fourth-order valence-corrected chi connectivity index (χ4v) is 15.5. The van der Waals surface area contributed by atoms with Crippen molar-refractivity contribution >= 4 is 61.3 Å². The lowest BCUT2D eigenvalue weighted by Gasteiger charge is -2.20. The van der Waals surface area contributed by atoms with E-state index in [0.29, 0.717) is 61.6 Å². The van der Waals surface area contributed by atoms with Gasteiger partial charge in [0.25, 0.3) is 0 Å². The number of halogens is 9. The van der Waals surface area contributed by atoms with E-state index in [4.69, 9.17) is 0 Å². The maximum absolute atomic E-state index is 14.3. The molecule has 582 valence electrons. The molecule has 0 aliphatic heterocycles. The van der Waals surface area contributed by atoms with Gasteiger partial charge < -0.3 is 4.57 Å². The Kier molecular flexibility index (Phi) is 25.6. The summed E-state index contributed by atoms with van der Waals surface area (Å²) in [6.07, 6.45) is 10.5. The number of fused-ring (bicyclic) bond motifs is 2. The van der Waals surface area contributed by atoms with Gasteiger partial charge >= 0.3 is 0 Å². The summed E-state index contributed by atoms with van der Waals surface area (Å²) in [5.41, 5.74) is 13.8. The van der Waals surface area contributed by atoms with E-state index in [-0.39, 0.29) is 98.5 Å². The highest BCUT2D eigenvalue weighted by molar-refractivity contribution is 9.10. The zero-order valence-electron chi connectivity index (χ0n) is 63.3. The Balaban J connectivity index is 0.000000150. The molecule has 1 saturated carbocycles. The molecular formula is C94H78BrF8N7O5. The lowest BCUT2D eigenvalue weighted by molar-refractivity contribution is -0.121. The Hall–Kier alpha value is -12.1. The van der Waals surface area contributed by atoms with Crippen molar-refractivity contribution in [2.45, 2.75) is 129 Å². The van der Waals surface area contributed by atoms with Crippen LogP contribution in [0.1, 0.15) is 159 Å². The molecule has 1 fully saturated rings. The van der Waals surface area contributed by atoms with Crippen LogP contribution in [-0.2, 0) is 53.2 Å². The number of carbonyl (C=O) groups excluding carboxylic acids is 5. The van der Waals surface area contributed by atoms with Crippen LogP contribution in [0.15, 0.2) is 236 Å². The lowest BCUT2D eigenvalue weighted by atomic mass is 9.85. The standard InChI is InChI=1S/C33H28F2N2O2.C32H26F3NO.C29H24BrF3N4O2/c1-21-13-26-7-3-4-11-32(26)37(21)20-30(39)18-27(14-23-15-28(34)19-29(35)16-23)33-31(10-6-12-36-33)25-9-5-8-24(17-25)22(2)38;1-20-4-6-22(7-5-20)30-3-2-12-36-32(30)25(13-21-14-27(34)18-28(35)15-21)17-29(37)16-24-9-8-23-10-11-26(33)19-31(23)24;1-16(38)25-13-19(6-7-26(25)33)24-3-2-8-34-27(24)20(9-17-10-21(31)14-22(32)11-17)12-23(39)15-37-28(18-4-5-18)35-29(30)36-37/h3-13,15-17,19,27H,14,18,20H2,1-2H3;2-7,9-12,14-15,18-19,25H,8,13,16-17H2,1H3;2-3,6-8,10-11,13-14,18,20H,4-5,9,12,15H2,1H3/t27-;25-;20-/m111/s1. The van der Waals surface area contributed by atoms with Crippen molar-refractivity contribution in [3.05, 3.63) is 355 Å². The van der Waals surface area contributed by atoms with Crippen LogP contribution in [0.3, 0.4) is 0 Å². The van der Waals surface area contributed by atoms with Gasteiger partial charge in [0.1, 0.15) is 64.7 Å². The molecule has 0 spiro atoms. The van der Waals surface area contributed by atoms with E-state index in [9.17, 15) is 59.1 Å². The third-order valence-corrected chi connectivity index (χ3v) is 20.9. The normalized spacial score (nSPS) is 13.0. The Morgan fingerprint density at radius 1 is 0.470 bits per heavy atom. The predicted octanol–water partition coefficient (Wildman–Crippen LogP) is 21.9. The number of benzene rings is 8. The summed E-state index contributed by atoms with van der Waals surface area (Å²) in [5, 5.41) is 5.38. The first-order chi connectivity index (χ1) is 55.3. The molecule has 0 bridgehead atoms. The van der Waals surface area contributed by atoms with Crippen molar-refractivity contribution in [2.75, 3.05) is 0 Å². The van der Waals surface area contributed by atoms with E-state index in [2.05, 4.69) is 47.0 Å². The molecule has 0 N–H and O–H groups in total. The van der Waals surface area contributed by atoms with E-state index in [1.807, 2.05) is 103 Å². The fraction of sp³-hybridized carbons (Fsp3) is 0.213. The van der Waals surface area contributed by atoms with Crippen molar-refractivity contribution in [2.24, 2.45) is 0 Å². The summed E-state index contributed by atoms with van der Waals surface area (Å²) in [4.78, 5) is 82.6. The monoisotopic (exact) mass is 1620 g/mol. The number of ketones is 5. The number of Topliss-reactive ketones (excluding diaryl/α,β-unsaturated/α-hetero) is 5. The van der Waals surface area contributed by atoms with Gasteiger partial charge in [0.15, 0.2) is 23.1 Å². The summed E-state index contributed by atoms with van der Waals surface area (Å²) in [6.45, 7) is 6.94. The molecule has 3 atom stereocenters. The van der Waals surface area contributed by atoms with Crippen molar-refractivity contribution < 1.29 is 59.1 Å². The minimum Gasteiger partial charge on any atom is -0.337 e. The van der Waals surface area contributed by atoms with Crippen LogP contribution >= 0.6 is 15.9 Å². The number of hydrogen-bond donors (Lipinski definition) is 0. The first-order valence-corrected chi connectivity index (χ1v) is 38.5. The third kappa shape index (κ3) is 20.7. The second kappa shape index (κ2) is 36.4. The summed E-state index contributed by atoms with van der Waals surface area (Å²) in [6, 6.07) is 55.2. The average molecular weight is 1620 g/mol. The highest BCUT2D eigenvalue weighted by atomic mass is 79.9. The van der Waals surface area contributed by atoms with Crippen LogP contribution in [0.4, 0.5) is 35.1 Å². The maximum Gasteiger partial charge on any atom is 0.217 e. The predicted molar refractivity (Wildman–Crippen MR) is 430 cm³/mol. The molecule has 15 rings (SSSR count). The number of nitrogens with zero attached hydrogens (tertiary/aromatic N) is 7. The van der Waals surface area contributed by atoms with Crippen molar-refractivity contribution in [1.29, 1.82) is 0 Å². The number of aromatic nitrogens is 7. The number of rotatable bonds is 27. The van der Waals surface area contributed by atoms with Crippen molar-refractivity contribution in [1.82, 2.24) is 34.3 Å². The molecule has 8 aromatic carbocycles. The quantitative estimate of drug-likeness (QED) is 0.0358. The molecule has 0 unspecified atom stereocenters. The molecule has 0 saturated heterocycles. The lowest BCUT2D eigenvalue weighted by Crippen LogP contribution is -2.19. The number of carbonyl (C=O) groups is 5. The van der Waals surface area contributed by atoms with Crippen LogP contribution < -0.4 is 0 Å². The van der Waals surface area contributed by atoms with Crippen LogP contribution in [-0.4, -0.2) is 63.2 Å². The average Bonchev–Trinajstić information content (AvgIpc) is 1.68. The fourth-order valence-electron chi connectivity index (χ4n) is 15.2. The van der Waals surface area contributed by atoms with E-state index in [0.717, 1.165) is 98.0 Å². The minimum absolute atomic E-state index is 0.00446. The van der Waals surface area contributed by atoms with Gasteiger partial charge in [-0.1, -0.05) is 103 Å². The van der Waals surface area contributed by atoms with Gasteiger partial charge in [-0.2, -0.15) is 0 Å². The first kappa shape index (κ1) is 80.9. The van der Waals surface area contributed by atoms with E-state index in [1.54, 1.807) is 59.7 Å². The summed E-state index contributed by atoms with van der Waals surface area (Å²) >= 11 is 3.28. The highest BCUT2D eigenvalue weighted by Crippen LogP contribution is 2.42.